The van der Waals surface area contributed by atoms with Crippen molar-refractivity contribution in [3.63, 3.8) is 0 Å². The van der Waals surface area contributed by atoms with Gasteiger partial charge in [-0.15, -0.1) is 0 Å². The molecular weight excluding hydrogens is 257 g/mol. The van der Waals surface area contributed by atoms with Crippen LogP contribution in [0.3, 0.4) is 0 Å². The molecule has 0 saturated heterocycles. The van der Waals surface area contributed by atoms with Gasteiger partial charge in [0.2, 0.25) is 5.91 Å². The number of carbonyl (C=O) groups excluding carboxylic acids is 1. The van der Waals surface area contributed by atoms with Crippen LogP contribution in [0.1, 0.15) is 5.56 Å². The number of nitrogens with one attached hydrogen (secondary N) is 1. The Morgan fingerprint density at radius 2 is 1.95 bits per heavy atom. The minimum absolute atomic E-state index is 0.314. The number of amides is 1. The van der Waals surface area contributed by atoms with E-state index in [1.807, 2.05) is 24.3 Å². The minimum Gasteiger partial charge on any atom is -0.497 e. The van der Waals surface area contributed by atoms with Crippen LogP contribution in [0.2, 0.25) is 0 Å². The first-order valence-corrected chi connectivity index (χ1v) is 6.06. The van der Waals surface area contributed by atoms with Crippen molar-refractivity contribution in [1.82, 2.24) is 0 Å². The summed E-state index contributed by atoms with van der Waals surface area (Å²) in [4.78, 5) is 11.7. The largest absolute Gasteiger partial charge is 0.497 e. The fraction of sp³-hybridized carbons (Fsp3) is 0.0625. The summed E-state index contributed by atoms with van der Waals surface area (Å²) in [5.41, 5.74) is 1.30. The number of halogens is 1. The van der Waals surface area contributed by atoms with Crippen LogP contribution in [0.5, 0.6) is 5.75 Å². The van der Waals surface area contributed by atoms with Crippen LogP contribution < -0.4 is 10.1 Å². The Morgan fingerprint density at radius 3 is 2.60 bits per heavy atom. The second-order valence-electron chi connectivity index (χ2n) is 4.11. The fourth-order valence-electron chi connectivity index (χ4n) is 1.64. The predicted molar refractivity (Wildman–Crippen MR) is 77.1 cm³/mol. The van der Waals surface area contributed by atoms with Gasteiger partial charge < -0.3 is 10.1 Å². The average Bonchev–Trinajstić information content (AvgIpc) is 2.46. The molecule has 0 heterocycles. The lowest BCUT2D eigenvalue weighted by molar-refractivity contribution is -0.111. The Hall–Kier alpha value is -2.62. The molecule has 0 bridgehead atoms. The molecule has 3 nitrogen and oxygen atoms in total. The molecule has 0 aliphatic carbocycles. The minimum atomic E-state index is -0.387. The Labute approximate surface area is 116 Å². The molecule has 2 aromatic carbocycles. The van der Waals surface area contributed by atoms with Gasteiger partial charge in [-0.05, 0) is 42.0 Å². The van der Waals surface area contributed by atoms with Gasteiger partial charge in [-0.2, -0.15) is 0 Å². The van der Waals surface area contributed by atoms with E-state index in [0.717, 1.165) is 11.3 Å². The van der Waals surface area contributed by atoms with E-state index in [9.17, 15) is 9.18 Å². The highest BCUT2D eigenvalue weighted by atomic mass is 19.1. The van der Waals surface area contributed by atoms with Crippen LogP contribution in [0.4, 0.5) is 10.1 Å². The SMILES string of the molecule is COc1ccc(/C=C/C(=O)Nc2cccc(F)c2)cc1. The summed E-state index contributed by atoms with van der Waals surface area (Å²) in [6.07, 6.45) is 3.07. The summed E-state index contributed by atoms with van der Waals surface area (Å²) in [5.74, 6) is 0.0553. The topological polar surface area (TPSA) is 38.3 Å². The summed E-state index contributed by atoms with van der Waals surface area (Å²) in [7, 11) is 1.59. The number of anilines is 1. The standard InChI is InChI=1S/C16H14FNO2/c1-20-15-8-5-12(6-9-15)7-10-16(19)18-14-4-2-3-13(17)11-14/h2-11H,1H3,(H,18,19)/b10-7+. The van der Waals surface area contributed by atoms with E-state index in [4.69, 9.17) is 4.74 Å². The first kappa shape index (κ1) is 13.8. The van der Waals surface area contributed by atoms with Gasteiger partial charge in [-0.25, -0.2) is 4.39 Å². The van der Waals surface area contributed by atoms with Crippen molar-refractivity contribution >= 4 is 17.7 Å². The van der Waals surface area contributed by atoms with Crippen molar-refractivity contribution in [2.45, 2.75) is 0 Å². The number of hydrogen-bond donors (Lipinski definition) is 1. The molecule has 4 heteroatoms. The molecule has 0 aromatic heterocycles. The molecule has 2 aromatic rings. The Balaban J connectivity index is 1.98. The van der Waals surface area contributed by atoms with Crippen molar-refractivity contribution in [3.05, 3.63) is 66.0 Å². The second-order valence-corrected chi connectivity index (χ2v) is 4.11. The molecule has 20 heavy (non-hydrogen) atoms. The maximum atomic E-state index is 13.0. The van der Waals surface area contributed by atoms with Gasteiger partial charge in [0, 0.05) is 11.8 Å². The highest BCUT2D eigenvalue weighted by Crippen LogP contribution is 2.13. The smallest absolute Gasteiger partial charge is 0.248 e. The monoisotopic (exact) mass is 271 g/mol. The Bertz CT molecular complexity index is 621. The van der Waals surface area contributed by atoms with Crippen LogP contribution in [-0.2, 0) is 4.79 Å². The lowest BCUT2D eigenvalue weighted by Crippen LogP contribution is -2.07. The van der Waals surface area contributed by atoms with Gasteiger partial charge in [0.25, 0.3) is 0 Å². The molecule has 0 saturated carbocycles. The van der Waals surface area contributed by atoms with Gasteiger partial charge in [0.1, 0.15) is 11.6 Å². The Kier molecular flexibility index (Phi) is 4.50. The molecule has 0 aliphatic rings. The lowest BCUT2D eigenvalue weighted by Gasteiger charge is -2.02. The van der Waals surface area contributed by atoms with E-state index < -0.39 is 0 Å². The summed E-state index contributed by atoms with van der Waals surface area (Å²) in [5, 5.41) is 2.59. The van der Waals surface area contributed by atoms with Crippen LogP contribution >= 0.6 is 0 Å². The molecule has 0 unspecified atom stereocenters. The fourth-order valence-corrected chi connectivity index (χ4v) is 1.64. The molecule has 0 spiro atoms. The van der Waals surface area contributed by atoms with E-state index in [0.29, 0.717) is 5.69 Å². The molecule has 1 amide bonds. The summed E-state index contributed by atoms with van der Waals surface area (Å²) in [6.45, 7) is 0. The molecule has 0 aliphatic heterocycles. The zero-order valence-corrected chi connectivity index (χ0v) is 11.0. The van der Waals surface area contributed by atoms with Crippen molar-refractivity contribution < 1.29 is 13.9 Å². The molecule has 0 atom stereocenters. The van der Waals surface area contributed by atoms with Crippen LogP contribution in [0.25, 0.3) is 6.08 Å². The summed E-state index contributed by atoms with van der Waals surface area (Å²) < 4.78 is 18.0. The number of benzene rings is 2. The van der Waals surface area contributed by atoms with Crippen LogP contribution in [0, 0.1) is 5.82 Å². The van der Waals surface area contributed by atoms with Crippen molar-refractivity contribution in [2.75, 3.05) is 12.4 Å². The van der Waals surface area contributed by atoms with Crippen LogP contribution in [-0.4, -0.2) is 13.0 Å². The number of methoxy groups -OCH3 is 1. The van der Waals surface area contributed by atoms with E-state index in [1.165, 1.54) is 24.3 Å². The van der Waals surface area contributed by atoms with Crippen molar-refractivity contribution in [2.24, 2.45) is 0 Å². The third-order valence-corrected chi connectivity index (χ3v) is 2.64. The normalized spacial score (nSPS) is 10.5. The van der Waals surface area contributed by atoms with E-state index in [-0.39, 0.29) is 11.7 Å². The maximum Gasteiger partial charge on any atom is 0.248 e. The van der Waals surface area contributed by atoms with Gasteiger partial charge in [-0.3, -0.25) is 4.79 Å². The number of carbonyl (C=O) groups is 1. The lowest BCUT2D eigenvalue weighted by atomic mass is 10.2. The first-order chi connectivity index (χ1) is 9.67. The molecule has 0 fully saturated rings. The Morgan fingerprint density at radius 1 is 1.20 bits per heavy atom. The van der Waals surface area contributed by atoms with Gasteiger partial charge in [-0.1, -0.05) is 18.2 Å². The second kappa shape index (κ2) is 6.52. The first-order valence-electron chi connectivity index (χ1n) is 6.06. The summed E-state index contributed by atoms with van der Waals surface area (Å²) in [6, 6.07) is 13.0. The van der Waals surface area contributed by atoms with Crippen molar-refractivity contribution in [3.8, 4) is 5.75 Å². The quantitative estimate of drug-likeness (QED) is 0.864. The summed E-state index contributed by atoms with van der Waals surface area (Å²) >= 11 is 0. The highest BCUT2D eigenvalue weighted by molar-refractivity contribution is 6.01. The van der Waals surface area contributed by atoms with Crippen molar-refractivity contribution in [1.29, 1.82) is 0 Å². The molecular formula is C16H14FNO2. The zero-order chi connectivity index (χ0) is 14.4. The molecule has 2 rings (SSSR count). The number of rotatable bonds is 4. The van der Waals surface area contributed by atoms with E-state index in [2.05, 4.69) is 5.32 Å². The van der Waals surface area contributed by atoms with Gasteiger partial charge in [0.15, 0.2) is 0 Å². The maximum absolute atomic E-state index is 13.0. The predicted octanol–water partition coefficient (Wildman–Crippen LogP) is 3.49. The molecule has 1 N–H and O–H groups in total. The third-order valence-electron chi connectivity index (χ3n) is 2.64. The zero-order valence-electron chi connectivity index (χ0n) is 11.0. The third kappa shape index (κ3) is 3.95. The van der Waals surface area contributed by atoms with Crippen LogP contribution in [0.15, 0.2) is 54.6 Å². The van der Waals surface area contributed by atoms with E-state index in [1.54, 1.807) is 19.3 Å². The molecule has 0 radical (unpaired) electrons. The number of ether oxygens (including phenoxy) is 1. The average molecular weight is 271 g/mol. The van der Waals surface area contributed by atoms with Gasteiger partial charge in [0.05, 0.1) is 7.11 Å². The molecule has 102 valence electrons. The number of hydrogen-bond acceptors (Lipinski definition) is 2. The van der Waals surface area contributed by atoms with E-state index >= 15 is 0 Å². The highest BCUT2D eigenvalue weighted by Gasteiger charge is 1.99. The van der Waals surface area contributed by atoms with Gasteiger partial charge >= 0.3 is 0 Å².